The third-order valence-electron chi connectivity index (χ3n) is 7.87. The summed E-state index contributed by atoms with van der Waals surface area (Å²) in [4.78, 5) is 22.3. The van der Waals surface area contributed by atoms with Crippen molar-refractivity contribution in [1.29, 1.82) is 0 Å². The number of piperazine rings is 1. The van der Waals surface area contributed by atoms with E-state index in [0.717, 1.165) is 50.2 Å². The molecular weight excluding hydrogens is 480 g/mol. The zero-order chi connectivity index (χ0) is 25.4. The van der Waals surface area contributed by atoms with Gasteiger partial charge in [0, 0.05) is 32.7 Å². The highest BCUT2D eigenvalue weighted by Gasteiger charge is 2.25. The SMILES string of the molecule is CCCCCCCCCCCCCCCCCCn1c(C(=O)N2CCN(C)CC2)nc2ccccc21.Cl. The second-order valence-corrected chi connectivity index (χ2v) is 11.0. The van der Waals surface area contributed by atoms with Crippen molar-refractivity contribution in [3.8, 4) is 0 Å². The summed E-state index contributed by atoms with van der Waals surface area (Å²) in [6, 6.07) is 8.20. The Labute approximate surface area is 232 Å². The molecule has 0 aliphatic carbocycles. The molecule has 0 radical (unpaired) electrons. The first-order valence-electron chi connectivity index (χ1n) is 15.1. The summed E-state index contributed by atoms with van der Waals surface area (Å²) < 4.78 is 2.18. The number of halogens is 1. The van der Waals surface area contributed by atoms with Gasteiger partial charge < -0.3 is 14.4 Å². The maximum Gasteiger partial charge on any atom is 0.289 e. The van der Waals surface area contributed by atoms with E-state index in [4.69, 9.17) is 4.98 Å². The number of imidazole rings is 1. The highest BCUT2D eigenvalue weighted by atomic mass is 35.5. The number of benzene rings is 1. The quantitative estimate of drug-likeness (QED) is 0.182. The molecule has 1 fully saturated rings. The van der Waals surface area contributed by atoms with Crippen molar-refractivity contribution >= 4 is 29.3 Å². The monoisotopic (exact) mass is 532 g/mol. The van der Waals surface area contributed by atoms with E-state index in [9.17, 15) is 4.79 Å². The van der Waals surface area contributed by atoms with E-state index < -0.39 is 0 Å². The van der Waals surface area contributed by atoms with Crippen molar-refractivity contribution in [2.75, 3.05) is 33.2 Å². The van der Waals surface area contributed by atoms with E-state index in [-0.39, 0.29) is 18.3 Å². The lowest BCUT2D eigenvalue weighted by Crippen LogP contribution is -2.47. The van der Waals surface area contributed by atoms with Gasteiger partial charge in [-0.2, -0.15) is 0 Å². The Balaban J connectivity index is 0.00000481. The second kappa shape index (κ2) is 18.6. The number of likely N-dealkylation sites (N-methyl/N-ethyl adjacent to an activating group) is 1. The molecule has 1 aliphatic heterocycles. The van der Waals surface area contributed by atoms with E-state index in [1.807, 2.05) is 17.0 Å². The van der Waals surface area contributed by atoms with E-state index >= 15 is 0 Å². The third-order valence-corrected chi connectivity index (χ3v) is 7.87. The number of aryl methyl sites for hydroxylation is 1. The van der Waals surface area contributed by atoms with Crippen molar-refractivity contribution in [2.24, 2.45) is 0 Å². The van der Waals surface area contributed by atoms with Gasteiger partial charge in [-0.1, -0.05) is 115 Å². The van der Waals surface area contributed by atoms with Crippen LogP contribution >= 0.6 is 12.4 Å². The summed E-state index contributed by atoms with van der Waals surface area (Å²) in [7, 11) is 2.12. The molecule has 1 amide bonds. The van der Waals surface area contributed by atoms with Crippen molar-refractivity contribution in [1.82, 2.24) is 19.4 Å². The minimum atomic E-state index is 0. The van der Waals surface area contributed by atoms with Gasteiger partial charge >= 0.3 is 0 Å². The number of unbranched alkanes of at least 4 members (excludes halogenated alkanes) is 15. The van der Waals surface area contributed by atoms with Crippen LogP contribution in [-0.4, -0.2) is 58.5 Å². The molecule has 5 nitrogen and oxygen atoms in total. The lowest BCUT2D eigenvalue weighted by molar-refractivity contribution is 0.0647. The van der Waals surface area contributed by atoms with E-state index in [2.05, 4.69) is 35.6 Å². The second-order valence-electron chi connectivity index (χ2n) is 11.0. The molecule has 2 aromatic rings. The largest absolute Gasteiger partial charge is 0.333 e. The van der Waals surface area contributed by atoms with Gasteiger partial charge in [-0.15, -0.1) is 12.4 Å². The zero-order valence-electron chi connectivity index (χ0n) is 23.8. The summed E-state index contributed by atoms with van der Waals surface area (Å²) in [5, 5.41) is 0. The Morgan fingerprint density at radius 2 is 1.22 bits per heavy atom. The lowest BCUT2D eigenvalue weighted by atomic mass is 10.0. The fourth-order valence-electron chi connectivity index (χ4n) is 5.43. The van der Waals surface area contributed by atoms with Crippen molar-refractivity contribution in [3.05, 3.63) is 30.1 Å². The molecular formula is C31H53ClN4O. The first kappa shape index (κ1) is 31.6. The van der Waals surface area contributed by atoms with Crippen LogP contribution in [0.4, 0.5) is 0 Å². The smallest absolute Gasteiger partial charge is 0.289 e. The molecule has 0 spiro atoms. The number of hydrogen-bond donors (Lipinski definition) is 0. The number of carbonyl (C=O) groups excluding carboxylic acids is 1. The molecule has 210 valence electrons. The molecule has 3 rings (SSSR count). The van der Waals surface area contributed by atoms with Crippen molar-refractivity contribution < 1.29 is 4.79 Å². The molecule has 1 saturated heterocycles. The van der Waals surface area contributed by atoms with Crippen LogP contribution in [0.3, 0.4) is 0 Å². The Morgan fingerprint density at radius 3 is 1.76 bits per heavy atom. The zero-order valence-corrected chi connectivity index (χ0v) is 24.6. The van der Waals surface area contributed by atoms with Crippen LogP contribution in [0.2, 0.25) is 0 Å². The van der Waals surface area contributed by atoms with Crippen LogP contribution in [0.1, 0.15) is 120 Å². The molecule has 0 saturated carbocycles. The van der Waals surface area contributed by atoms with Gasteiger partial charge in [0.15, 0.2) is 5.82 Å². The van der Waals surface area contributed by atoms with E-state index in [0.29, 0.717) is 5.82 Å². The number of rotatable bonds is 18. The Morgan fingerprint density at radius 1 is 0.730 bits per heavy atom. The predicted molar refractivity (Wildman–Crippen MR) is 160 cm³/mol. The van der Waals surface area contributed by atoms with Crippen LogP contribution in [0.25, 0.3) is 11.0 Å². The maximum absolute atomic E-state index is 13.3. The summed E-state index contributed by atoms with van der Waals surface area (Å²) in [5.41, 5.74) is 2.03. The summed E-state index contributed by atoms with van der Waals surface area (Å²) in [6.07, 6.45) is 22.0. The Kier molecular flexibility index (Phi) is 15.9. The standard InChI is InChI=1S/C31H52N4O.ClH/c1-3-4-5-6-7-8-9-10-11-12-13-14-15-16-17-20-23-35-29-22-19-18-21-28(29)32-30(35)31(36)34-26-24-33(2)25-27-34;/h18-19,21-22H,3-17,20,23-27H2,1-2H3;1H. The van der Waals surface area contributed by atoms with Gasteiger partial charge in [0.1, 0.15) is 0 Å². The summed E-state index contributed by atoms with van der Waals surface area (Å²) >= 11 is 0. The first-order chi connectivity index (χ1) is 17.7. The van der Waals surface area contributed by atoms with Gasteiger partial charge in [0.25, 0.3) is 5.91 Å². The number of amides is 1. The van der Waals surface area contributed by atoms with Gasteiger partial charge in [0.05, 0.1) is 11.0 Å². The van der Waals surface area contributed by atoms with Gasteiger partial charge in [-0.25, -0.2) is 4.98 Å². The average Bonchev–Trinajstić information content (AvgIpc) is 3.27. The topological polar surface area (TPSA) is 41.4 Å². The fourth-order valence-corrected chi connectivity index (χ4v) is 5.43. The molecule has 1 aromatic carbocycles. The summed E-state index contributed by atoms with van der Waals surface area (Å²) in [6.45, 7) is 6.62. The number of para-hydroxylation sites is 2. The number of fused-ring (bicyclic) bond motifs is 1. The highest BCUT2D eigenvalue weighted by molar-refractivity contribution is 5.95. The highest BCUT2D eigenvalue weighted by Crippen LogP contribution is 2.20. The molecule has 0 N–H and O–H groups in total. The number of carbonyl (C=O) groups is 1. The molecule has 0 bridgehead atoms. The van der Waals surface area contributed by atoms with Crippen LogP contribution in [0.15, 0.2) is 24.3 Å². The van der Waals surface area contributed by atoms with E-state index in [1.54, 1.807) is 0 Å². The molecule has 0 atom stereocenters. The number of hydrogen-bond acceptors (Lipinski definition) is 3. The molecule has 2 heterocycles. The van der Waals surface area contributed by atoms with Crippen LogP contribution in [0.5, 0.6) is 0 Å². The average molecular weight is 533 g/mol. The first-order valence-corrected chi connectivity index (χ1v) is 15.1. The van der Waals surface area contributed by atoms with Crippen LogP contribution in [-0.2, 0) is 6.54 Å². The lowest BCUT2D eigenvalue weighted by Gasteiger charge is -2.32. The molecule has 1 aromatic heterocycles. The van der Waals surface area contributed by atoms with Gasteiger partial charge in [-0.05, 0) is 25.6 Å². The normalized spacial score (nSPS) is 14.3. The Hall–Kier alpha value is -1.59. The number of nitrogens with zero attached hydrogens (tertiary/aromatic N) is 4. The fraction of sp³-hybridized carbons (Fsp3) is 0.742. The van der Waals surface area contributed by atoms with E-state index in [1.165, 1.54) is 96.3 Å². The van der Waals surface area contributed by atoms with Crippen LogP contribution < -0.4 is 0 Å². The minimum absolute atomic E-state index is 0. The summed E-state index contributed by atoms with van der Waals surface area (Å²) in [5.74, 6) is 0.720. The molecule has 6 heteroatoms. The van der Waals surface area contributed by atoms with Crippen molar-refractivity contribution in [2.45, 2.75) is 116 Å². The number of aromatic nitrogens is 2. The van der Waals surface area contributed by atoms with Gasteiger partial charge in [0.2, 0.25) is 0 Å². The maximum atomic E-state index is 13.3. The van der Waals surface area contributed by atoms with Crippen LogP contribution in [0, 0.1) is 0 Å². The predicted octanol–water partition coefficient (Wildman–Crippen LogP) is 8.11. The third kappa shape index (κ3) is 11.0. The van der Waals surface area contributed by atoms with Gasteiger partial charge in [-0.3, -0.25) is 4.79 Å². The molecule has 37 heavy (non-hydrogen) atoms. The molecule has 1 aliphatic rings. The van der Waals surface area contributed by atoms with Crippen molar-refractivity contribution in [3.63, 3.8) is 0 Å². The molecule has 0 unspecified atom stereocenters. The minimum Gasteiger partial charge on any atom is -0.333 e. The Bertz CT molecular complexity index is 875.